The molecule has 0 spiro atoms. The van der Waals surface area contributed by atoms with E-state index in [0.29, 0.717) is 6.42 Å². The van der Waals surface area contributed by atoms with E-state index in [0.717, 1.165) is 25.7 Å². The van der Waals surface area contributed by atoms with E-state index in [9.17, 15) is 9.59 Å². The average molecular weight is 187 g/mol. The van der Waals surface area contributed by atoms with E-state index in [-0.39, 0.29) is 0 Å². The number of ketones is 1. The summed E-state index contributed by atoms with van der Waals surface area (Å²) >= 11 is 0. The molecule has 0 fully saturated rings. The van der Waals surface area contributed by atoms with Gasteiger partial charge in [0, 0.05) is 0 Å². The third-order valence-corrected chi connectivity index (χ3v) is 1.92. The van der Waals surface area contributed by atoms with Crippen molar-refractivity contribution in [1.29, 1.82) is 0 Å². The van der Waals surface area contributed by atoms with Gasteiger partial charge in [-0.1, -0.05) is 32.6 Å². The smallest absolute Gasteiger partial charge is 0.373 e. The number of carbonyl (C=O) groups excluding carboxylic acids is 1. The molecule has 13 heavy (non-hydrogen) atoms. The standard InChI is InChI=1S/C9H17NO3/c1-2-3-4-5-6-7(10)8(11)9(12)13/h7H,2-6,10H2,1H3,(H,12,13). The van der Waals surface area contributed by atoms with Crippen molar-refractivity contribution in [2.75, 3.05) is 0 Å². The summed E-state index contributed by atoms with van der Waals surface area (Å²) in [5.74, 6) is -2.31. The fourth-order valence-electron chi connectivity index (χ4n) is 1.08. The van der Waals surface area contributed by atoms with Crippen LogP contribution in [0.25, 0.3) is 0 Å². The van der Waals surface area contributed by atoms with E-state index in [1.807, 2.05) is 0 Å². The zero-order chi connectivity index (χ0) is 10.3. The molecule has 0 saturated heterocycles. The molecular formula is C9H17NO3. The molecule has 0 amide bonds. The Labute approximate surface area is 78.1 Å². The number of carboxylic acid groups (broad SMARTS) is 1. The first-order chi connectivity index (χ1) is 6.09. The number of carboxylic acids is 1. The van der Waals surface area contributed by atoms with Gasteiger partial charge in [0.1, 0.15) is 0 Å². The summed E-state index contributed by atoms with van der Waals surface area (Å²) in [5, 5.41) is 8.33. The lowest BCUT2D eigenvalue weighted by Gasteiger charge is -2.06. The van der Waals surface area contributed by atoms with Crippen molar-refractivity contribution in [1.82, 2.24) is 0 Å². The third-order valence-electron chi connectivity index (χ3n) is 1.92. The van der Waals surface area contributed by atoms with E-state index in [1.165, 1.54) is 0 Å². The van der Waals surface area contributed by atoms with Crippen LogP contribution in [0.15, 0.2) is 0 Å². The number of unbranched alkanes of at least 4 members (excludes halogenated alkanes) is 3. The lowest BCUT2D eigenvalue weighted by Crippen LogP contribution is -2.35. The molecule has 1 atom stereocenters. The number of nitrogens with two attached hydrogens (primary N) is 1. The summed E-state index contributed by atoms with van der Waals surface area (Å²) in [7, 11) is 0. The molecule has 0 aliphatic heterocycles. The molecule has 3 N–H and O–H groups in total. The molecule has 0 heterocycles. The summed E-state index contributed by atoms with van der Waals surface area (Å²) in [6.45, 7) is 2.09. The second kappa shape index (κ2) is 6.60. The number of carbonyl (C=O) groups is 2. The first-order valence-corrected chi connectivity index (χ1v) is 4.62. The molecule has 0 aliphatic rings. The highest BCUT2D eigenvalue weighted by molar-refractivity contribution is 6.34. The highest BCUT2D eigenvalue weighted by Crippen LogP contribution is 2.04. The molecule has 0 radical (unpaired) electrons. The van der Waals surface area contributed by atoms with Crippen molar-refractivity contribution < 1.29 is 14.7 Å². The SMILES string of the molecule is CCCCCCC(N)C(=O)C(=O)O. The van der Waals surface area contributed by atoms with Gasteiger partial charge in [-0.25, -0.2) is 4.79 Å². The molecule has 0 aromatic heterocycles. The summed E-state index contributed by atoms with van der Waals surface area (Å²) in [6.07, 6.45) is 4.53. The summed E-state index contributed by atoms with van der Waals surface area (Å²) in [5.41, 5.74) is 5.37. The van der Waals surface area contributed by atoms with Crippen LogP contribution >= 0.6 is 0 Å². The van der Waals surface area contributed by atoms with E-state index in [2.05, 4.69) is 6.92 Å². The number of rotatable bonds is 7. The maximum absolute atomic E-state index is 10.8. The Morgan fingerprint density at radius 2 is 1.92 bits per heavy atom. The van der Waals surface area contributed by atoms with E-state index >= 15 is 0 Å². The Hall–Kier alpha value is -0.900. The molecule has 0 bridgehead atoms. The van der Waals surface area contributed by atoms with Crippen molar-refractivity contribution >= 4 is 11.8 Å². The fourth-order valence-corrected chi connectivity index (χ4v) is 1.08. The Bertz CT molecular complexity index is 180. The first-order valence-electron chi connectivity index (χ1n) is 4.62. The first kappa shape index (κ1) is 12.1. The highest BCUT2D eigenvalue weighted by Gasteiger charge is 2.19. The summed E-state index contributed by atoms with van der Waals surface area (Å²) < 4.78 is 0. The molecular weight excluding hydrogens is 170 g/mol. The van der Waals surface area contributed by atoms with Crippen molar-refractivity contribution in [3.05, 3.63) is 0 Å². The van der Waals surface area contributed by atoms with Gasteiger partial charge in [0.2, 0.25) is 0 Å². The van der Waals surface area contributed by atoms with Crippen LogP contribution in [0.5, 0.6) is 0 Å². The Morgan fingerprint density at radius 1 is 1.31 bits per heavy atom. The van der Waals surface area contributed by atoms with Crippen molar-refractivity contribution in [3.8, 4) is 0 Å². The van der Waals surface area contributed by atoms with Crippen LogP contribution in [0.3, 0.4) is 0 Å². The zero-order valence-electron chi connectivity index (χ0n) is 7.95. The topological polar surface area (TPSA) is 80.4 Å². The van der Waals surface area contributed by atoms with Gasteiger partial charge < -0.3 is 10.8 Å². The molecule has 4 heteroatoms. The largest absolute Gasteiger partial charge is 0.475 e. The van der Waals surface area contributed by atoms with E-state index < -0.39 is 17.8 Å². The summed E-state index contributed by atoms with van der Waals surface area (Å²) in [6, 6.07) is -0.825. The number of hydrogen-bond donors (Lipinski definition) is 2. The van der Waals surface area contributed by atoms with Crippen LogP contribution in [0.4, 0.5) is 0 Å². The van der Waals surface area contributed by atoms with Gasteiger partial charge >= 0.3 is 5.97 Å². The number of aliphatic carboxylic acids is 1. The Kier molecular flexibility index (Phi) is 6.14. The van der Waals surface area contributed by atoms with E-state index in [1.54, 1.807) is 0 Å². The van der Waals surface area contributed by atoms with Gasteiger partial charge in [-0.3, -0.25) is 4.79 Å². The number of hydrogen-bond acceptors (Lipinski definition) is 3. The minimum atomic E-state index is -1.43. The quantitative estimate of drug-likeness (QED) is 0.459. The second-order valence-corrected chi connectivity index (χ2v) is 3.13. The van der Waals surface area contributed by atoms with Gasteiger partial charge in [0.05, 0.1) is 6.04 Å². The minimum Gasteiger partial charge on any atom is -0.475 e. The van der Waals surface area contributed by atoms with Crippen LogP contribution in [0.1, 0.15) is 39.0 Å². The lowest BCUT2D eigenvalue weighted by molar-refractivity contribution is -0.149. The monoisotopic (exact) mass is 187 g/mol. The Morgan fingerprint density at radius 3 is 2.38 bits per heavy atom. The molecule has 0 aromatic carbocycles. The van der Waals surface area contributed by atoms with Crippen LogP contribution in [0.2, 0.25) is 0 Å². The highest BCUT2D eigenvalue weighted by atomic mass is 16.4. The van der Waals surface area contributed by atoms with Gasteiger partial charge in [-0.15, -0.1) is 0 Å². The third kappa shape index (κ3) is 5.36. The van der Waals surface area contributed by atoms with Gasteiger partial charge in [0.25, 0.3) is 5.78 Å². The molecule has 0 saturated carbocycles. The predicted octanol–water partition coefficient (Wildman–Crippen LogP) is 0.938. The fraction of sp³-hybridized carbons (Fsp3) is 0.778. The Balaban J connectivity index is 3.56. The van der Waals surface area contributed by atoms with Crippen molar-refractivity contribution in [2.24, 2.45) is 5.73 Å². The minimum absolute atomic E-state index is 0.477. The average Bonchev–Trinajstić information content (AvgIpc) is 2.10. The molecule has 0 rings (SSSR count). The molecule has 0 aromatic rings. The van der Waals surface area contributed by atoms with Crippen LogP contribution in [-0.2, 0) is 9.59 Å². The zero-order valence-corrected chi connectivity index (χ0v) is 7.95. The lowest BCUT2D eigenvalue weighted by atomic mass is 10.0. The second-order valence-electron chi connectivity index (χ2n) is 3.13. The van der Waals surface area contributed by atoms with E-state index in [4.69, 9.17) is 10.8 Å². The molecule has 1 unspecified atom stereocenters. The van der Waals surface area contributed by atoms with Crippen molar-refractivity contribution in [3.63, 3.8) is 0 Å². The van der Waals surface area contributed by atoms with Crippen LogP contribution in [-0.4, -0.2) is 22.9 Å². The molecule has 4 nitrogen and oxygen atoms in total. The van der Waals surface area contributed by atoms with Crippen LogP contribution in [0, 0.1) is 0 Å². The molecule has 76 valence electrons. The maximum atomic E-state index is 10.8. The van der Waals surface area contributed by atoms with Gasteiger partial charge in [-0.2, -0.15) is 0 Å². The van der Waals surface area contributed by atoms with Crippen molar-refractivity contribution in [2.45, 2.75) is 45.1 Å². The van der Waals surface area contributed by atoms with Gasteiger partial charge in [-0.05, 0) is 6.42 Å². The summed E-state index contributed by atoms with van der Waals surface area (Å²) in [4.78, 5) is 21.0. The molecule has 0 aliphatic carbocycles. The maximum Gasteiger partial charge on any atom is 0.373 e. The normalized spacial score (nSPS) is 12.5. The number of Topliss-reactive ketones (excluding diaryl/α,β-unsaturated/α-hetero) is 1. The predicted molar refractivity (Wildman–Crippen MR) is 49.4 cm³/mol. The van der Waals surface area contributed by atoms with Crippen LogP contribution < -0.4 is 5.73 Å². The van der Waals surface area contributed by atoms with Gasteiger partial charge in [0.15, 0.2) is 0 Å².